The lowest BCUT2D eigenvalue weighted by Crippen LogP contribution is -2.39. The molecule has 12 heteroatoms. The number of rotatable bonds is 6. The molecule has 1 atom stereocenters. The molecule has 0 heterocycles. The molecule has 1 unspecified atom stereocenters. The first kappa shape index (κ1) is 22.6. The summed E-state index contributed by atoms with van der Waals surface area (Å²) in [6.07, 6.45) is -8.32. The van der Waals surface area contributed by atoms with Gasteiger partial charge in [0.15, 0.2) is 0 Å². The van der Waals surface area contributed by atoms with Crippen LogP contribution in [0.25, 0.3) is 0 Å². The molecule has 0 saturated heterocycles. The number of esters is 2. The lowest BCUT2D eigenvalue weighted by molar-refractivity contribution is -0.197. The van der Waals surface area contributed by atoms with Crippen molar-refractivity contribution in [2.45, 2.75) is 26.1 Å². The Hall–Kier alpha value is -1.41. The SMILES string of the molecule is CC(C)C(=O)Oc1cc(I)ccc1C(=O)OC(CS(=O)(=O)O)C(F)(F)F. The largest absolute Gasteiger partial charge is 0.448 e. The highest BCUT2D eigenvalue weighted by atomic mass is 127. The van der Waals surface area contributed by atoms with E-state index < -0.39 is 51.6 Å². The third-order valence-corrected chi connectivity index (χ3v) is 4.22. The van der Waals surface area contributed by atoms with Crippen molar-refractivity contribution in [2.75, 3.05) is 5.75 Å². The Balaban J connectivity index is 3.17. The average molecular weight is 510 g/mol. The molecule has 7 nitrogen and oxygen atoms in total. The Morgan fingerprint density at radius 3 is 2.31 bits per heavy atom. The average Bonchev–Trinajstić information content (AvgIpc) is 2.43. The molecular formula is C14H14F3IO7S. The molecule has 1 aromatic carbocycles. The van der Waals surface area contributed by atoms with Crippen molar-refractivity contribution in [3.8, 4) is 5.75 Å². The molecule has 146 valence electrons. The van der Waals surface area contributed by atoms with Crippen LogP contribution in [0.4, 0.5) is 13.2 Å². The molecule has 1 aromatic rings. The molecule has 1 N–H and O–H groups in total. The summed E-state index contributed by atoms with van der Waals surface area (Å²) in [6.45, 7) is 3.03. The van der Waals surface area contributed by atoms with E-state index in [4.69, 9.17) is 9.29 Å². The third-order valence-electron chi connectivity index (χ3n) is 2.82. The minimum Gasteiger partial charge on any atom is -0.448 e. The van der Waals surface area contributed by atoms with Crippen LogP contribution in [0.5, 0.6) is 5.75 Å². The van der Waals surface area contributed by atoms with Gasteiger partial charge in [-0.1, -0.05) is 13.8 Å². The molecule has 0 aliphatic rings. The summed E-state index contributed by atoms with van der Waals surface area (Å²) in [5.74, 6) is -5.04. The maximum Gasteiger partial charge on any atom is 0.426 e. The van der Waals surface area contributed by atoms with E-state index in [1.165, 1.54) is 26.0 Å². The lowest BCUT2D eigenvalue weighted by atomic mass is 10.2. The van der Waals surface area contributed by atoms with Gasteiger partial charge in [0.05, 0.1) is 5.92 Å². The highest BCUT2D eigenvalue weighted by molar-refractivity contribution is 14.1. The standard InChI is InChI=1S/C14H14F3IO7S/c1-7(2)12(19)24-10-5-8(18)3-4-9(10)13(20)25-11(14(15,16)17)6-26(21,22)23/h3-5,7,11H,6H2,1-2H3,(H,21,22,23). The zero-order valence-corrected chi connectivity index (χ0v) is 16.4. The summed E-state index contributed by atoms with van der Waals surface area (Å²) >= 11 is 1.83. The highest BCUT2D eigenvalue weighted by Crippen LogP contribution is 2.28. The van der Waals surface area contributed by atoms with Crippen LogP contribution in [0.2, 0.25) is 0 Å². The van der Waals surface area contributed by atoms with Gasteiger partial charge in [-0.25, -0.2) is 4.79 Å². The number of carbonyl (C=O) groups excluding carboxylic acids is 2. The van der Waals surface area contributed by atoms with Crippen molar-refractivity contribution in [3.05, 3.63) is 27.3 Å². The predicted octanol–water partition coefficient (Wildman–Crippen LogP) is 2.83. The fourth-order valence-electron chi connectivity index (χ4n) is 1.55. The van der Waals surface area contributed by atoms with Crippen LogP contribution in [-0.4, -0.2) is 42.9 Å². The summed E-state index contributed by atoms with van der Waals surface area (Å²) in [4.78, 5) is 23.8. The predicted molar refractivity (Wildman–Crippen MR) is 91.3 cm³/mol. The van der Waals surface area contributed by atoms with Crippen LogP contribution >= 0.6 is 22.6 Å². The van der Waals surface area contributed by atoms with Crippen molar-refractivity contribution >= 4 is 44.6 Å². The minimum absolute atomic E-state index is 0.326. The van der Waals surface area contributed by atoms with Crippen LogP contribution in [0.15, 0.2) is 18.2 Å². The number of hydrogen-bond donors (Lipinski definition) is 1. The molecule has 0 amide bonds. The first-order valence-electron chi connectivity index (χ1n) is 6.95. The summed E-state index contributed by atoms with van der Waals surface area (Å²) in [6, 6.07) is 3.67. The molecule has 0 fully saturated rings. The summed E-state index contributed by atoms with van der Waals surface area (Å²) < 4.78 is 78.4. The molecule has 0 saturated carbocycles. The van der Waals surface area contributed by atoms with Gasteiger partial charge < -0.3 is 9.47 Å². The Kier molecular flexibility index (Phi) is 7.42. The quantitative estimate of drug-likeness (QED) is 0.272. The maximum absolute atomic E-state index is 12.9. The minimum atomic E-state index is -5.23. The molecule has 0 aromatic heterocycles. The fourth-order valence-corrected chi connectivity index (χ4v) is 2.66. The monoisotopic (exact) mass is 510 g/mol. The number of benzene rings is 1. The van der Waals surface area contributed by atoms with Crippen LogP contribution in [0.1, 0.15) is 24.2 Å². The van der Waals surface area contributed by atoms with Crippen molar-refractivity contribution in [2.24, 2.45) is 5.92 Å². The van der Waals surface area contributed by atoms with E-state index in [1.54, 1.807) is 0 Å². The lowest BCUT2D eigenvalue weighted by Gasteiger charge is -2.20. The van der Waals surface area contributed by atoms with Crippen LogP contribution in [-0.2, 0) is 19.6 Å². The molecule has 26 heavy (non-hydrogen) atoms. The number of hydrogen-bond acceptors (Lipinski definition) is 6. The Bertz CT molecular complexity index is 790. The summed E-state index contributed by atoms with van der Waals surface area (Å²) in [7, 11) is -5.07. The second kappa shape index (κ2) is 8.52. The molecule has 0 aliphatic heterocycles. The first-order valence-corrected chi connectivity index (χ1v) is 9.63. The highest BCUT2D eigenvalue weighted by Gasteiger charge is 2.45. The van der Waals surface area contributed by atoms with E-state index in [2.05, 4.69) is 4.74 Å². The van der Waals surface area contributed by atoms with Crippen molar-refractivity contribution in [1.29, 1.82) is 0 Å². The first-order chi connectivity index (χ1) is 11.7. The van der Waals surface area contributed by atoms with Crippen LogP contribution < -0.4 is 4.74 Å². The molecule has 0 aliphatic carbocycles. The van der Waals surface area contributed by atoms with Gasteiger partial charge in [0.2, 0.25) is 6.10 Å². The van der Waals surface area contributed by atoms with Gasteiger partial charge in [0, 0.05) is 3.57 Å². The Morgan fingerprint density at radius 2 is 1.85 bits per heavy atom. The maximum atomic E-state index is 12.9. The number of carbonyl (C=O) groups is 2. The van der Waals surface area contributed by atoms with Gasteiger partial charge >= 0.3 is 18.1 Å². The van der Waals surface area contributed by atoms with Crippen molar-refractivity contribution in [3.63, 3.8) is 0 Å². The van der Waals surface area contributed by atoms with Gasteiger partial charge in [0.1, 0.15) is 17.1 Å². The third kappa shape index (κ3) is 7.07. The molecular weight excluding hydrogens is 496 g/mol. The van der Waals surface area contributed by atoms with E-state index in [0.717, 1.165) is 6.07 Å². The fraction of sp³-hybridized carbons (Fsp3) is 0.429. The Labute approximate surface area is 160 Å². The zero-order chi connectivity index (χ0) is 20.3. The van der Waals surface area contributed by atoms with E-state index in [1.807, 2.05) is 22.6 Å². The number of halogens is 4. The van der Waals surface area contributed by atoms with E-state index in [0.29, 0.717) is 3.57 Å². The van der Waals surface area contributed by atoms with Gasteiger partial charge in [-0.05, 0) is 40.8 Å². The van der Waals surface area contributed by atoms with Crippen molar-refractivity contribution < 1.29 is 45.2 Å². The number of alkyl halides is 3. The van der Waals surface area contributed by atoms with E-state index in [-0.39, 0.29) is 5.75 Å². The van der Waals surface area contributed by atoms with Crippen LogP contribution in [0, 0.1) is 9.49 Å². The second-order valence-electron chi connectivity index (χ2n) is 5.40. The van der Waals surface area contributed by atoms with Gasteiger partial charge in [-0.15, -0.1) is 0 Å². The van der Waals surface area contributed by atoms with Gasteiger partial charge in [-0.2, -0.15) is 21.6 Å². The van der Waals surface area contributed by atoms with Crippen LogP contribution in [0.3, 0.4) is 0 Å². The van der Waals surface area contributed by atoms with Gasteiger partial charge in [0.25, 0.3) is 10.1 Å². The molecule has 1 rings (SSSR count). The second-order valence-corrected chi connectivity index (χ2v) is 8.14. The zero-order valence-electron chi connectivity index (χ0n) is 13.4. The smallest absolute Gasteiger partial charge is 0.426 e. The van der Waals surface area contributed by atoms with E-state index >= 15 is 0 Å². The normalized spacial score (nSPS) is 13.4. The summed E-state index contributed by atoms with van der Waals surface area (Å²) in [5.41, 5.74) is -0.496. The Morgan fingerprint density at radius 1 is 1.27 bits per heavy atom. The summed E-state index contributed by atoms with van der Waals surface area (Å²) in [5, 5.41) is 0. The van der Waals surface area contributed by atoms with Crippen molar-refractivity contribution in [1.82, 2.24) is 0 Å². The molecule has 0 spiro atoms. The number of ether oxygens (including phenoxy) is 2. The van der Waals surface area contributed by atoms with Gasteiger partial charge in [-0.3, -0.25) is 9.35 Å². The van der Waals surface area contributed by atoms with E-state index in [9.17, 15) is 31.2 Å². The molecule has 0 bridgehead atoms. The molecule has 0 radical (unpaired) electrons. The topological polar surface area (TPSA) is 107 Å².